The lowest BCUT2D eigenvalue weighted by Crippen LogP contribution is -1.77. The molecule has 0 aliphatic heterocycles. The van der Waals surface area contributed by atoms with Gasteiger partial charge in [-0.1, -0.05) is 17.3 Å². The van der Waals surface area contributed by atoms with Crippen LogP contribution in [0, 0.1) is 18.8 Å². The molecule has 0 atom stereocenters. The van der Waals surface area contributed by atoms with E-state index in [2.05, 4.69) is 22.0 Å². The third-order valence-electron chi connectivity index (χ3n) is 0.958. The third-order valence-corrected chi connectivity index (χ3v) is 1.71. The molecule has 11 heavy (non-hydrogen) atoms. The van der Waals surface area contributed by atoms with E-state index in [1.165, 1.54) is 11.3 Å². The molecule has 3 nitrogen and oxygen atoms in total. The van der Waals surface area contributed by atoms with Gasteiger partial charge in [-0.25, -0.2) is 0 Å². The van der Waals surface area contributed by atoms with E-state index in [0.717, 1.165) is 10.0 Å². The van der Waals surface area contributed by atoms with Gasteiger partial charge in [0.25, 0.3) is 0 Å². The molecule has 0 bridgehead atoms. The maximum Gasteiger partial charge on any atom is 0.191 e. The van der Waals surface area contributed by atoms with Gasteiger partial charge in [0.05, 0.1) is 6.61 Å². The summed E-state index contributed by atoms with van der Waals surface area (Å²) in [7, 11) is 0. The standard InChI is InChI=1S/C7H8N2OS/c1-6-8-9-7(11-6)4-2-3-5-10/h10H,3,5H2,1H3. The summed E-state index contributed by atoms with van der Waals surface area (Å²) in [5, 5.41) is 17.6. The molecular formula is C7H8N2OS. The van der Waals surface area contributed by atoms with Gasteiger partial charge in [0, 0.05) is 6.42 Å². The summed E-state index contributed by atoms with van der Waals surface area (Å²) in [6, 6.07) is 0. The van der Waals surface area contributed by atoms with Gasteiger partial charge in [0.15, 0.2) is 5.01 Å². The van der Waals surface area contributed by atoms with Crippen molar-refractivity contribution in [3.63, 3.8) is 0 Å². The molecule has 0 saturated carbocycles. The largest absolute Gasteiger partial charge is 0.395 e. The molecule has 4 heteroatoms. The summed E-state index contributed by atoms with van der Waals surface area (Å²) in [5.41, 5.74) is 0. The zero-order valence-electron chi connectivity index (χ0n) is 6.16. The predicted molar refractivity (Wildman–Crippen MR) is 43.2 cm³/mol. The number of aromatic nitrogens is 2. The van der Waals surface area contributed by atoms with Crippen molar-refractivity contribution >= 4 is 11.3 Å². The summed E-state index contributed by atoms with van der Waals surface area (Å²) in [6.45, 7) is 1.99. The minimum Gasteiger partial charge on any atom is -0.395 e. The summed E-state index contributed by atoms with van der Waals surface area (Å²) >= 11 is 1.46. The molecule has 1 heterocycles. The minimum absolute atomic E-state index is 0.102. The van der Waals surface area contributed by atoms with Crippen LogP contribution in [0.3, 0.4) is 0 Å². The van der Waals surface area contributed by atoms with Crippen molar-refractivity contribution in [1.82, 2.24) is 10.2 Å². The SMILES string of the molecule is Cc1nnc(C#CCCO)s1. The Kier molecular flexibility index (Phi) is 3.02. The fraction of sp³-hybridized carbons (Fsp3) is 0.429. The van der Waals surface area contributed by atoms with Crippen LogP contribution in [0.5, 0.6) is 0 Å². The number of aliphatic hydroxyl groups is 1. The van der Waals surface area contributed by atoms with Crippen molar-refractivity contribution in [2.24, 2.45) is 0 Å². The van der Waals surface area contributed by atoms with Crippen molar-refractivity contribution in [3.8, 4) is 11.8 Å². The van der Waals surface area contributed by atoms with Crippen LogP contribution in [0.2, 0.25) is 0 Å². The Morgan fingerprint density at radius 1 is 1.55 bits per heavy atom. The first-order chi connectivity index (χ1) is 5.33. The molecule has 0 spiro atoms. The first kappa shape index (κ1) is 8.18. The molecule has 0 amide bonds. The van der Waals surface area contributed by atoms with Crippen molar-refractivity contribution in [3.05, 3.63) is 10.0 Å². The molecule has 0 aliphatic rings. The van der Waals surface area contributed by atoms with Crippen LogP contribution >= 0.6 is 11.3 Å². The van der Waals surface area contributed by atoms with Crippen molar-refractivity contribution < 1.29 is 5.11 Å². The average Bonchev–Trinajstić information content (AvgIpc) is 2.37. The van der Waals surface area contributed by atoms with Crippen molar-refractivity contribution in [2.75, 3.05) is 6.61 Å². The number of rotatable bonds is 1. The van der Waals surface area contributed by atoms with Gasteiger partial charge in [-0.15, -0.1) is 10.2 Å². The second-order valence-corrected chi connectivity index (χ2v) is 3.08. The molecule has 0 fully saturated rings. The van der Waals surface area contributed by atoms with E-state index in [4.69, 9.17) is 5.11 Å². The van der Waals surface area contributed by atoms with Crippen LogP contribution in [0.15, 0.2) is 0 Å². The molecule has 0 radical (unpaired) electrons. The fourth-order valence-corrected chi connectivity index (χ4v) is 1.11. The number of nitrogens with zero attached hydrogens (tertiary/aromatic N) is 2. The number of hydrogen-bond acceptors (Lipinski definition) is 4. The van der Waals surface area contributed by atoms with Gasteiger partial charge in [0.2, 0.25) is 0 Å². The maximum absolute atomic E-state index is 8.41. The Bertz CT molecular complexity index is 284. The Morgan fingerprint density at radius 3 is 2.91 bits per heavy atom. The number of hydrogen-bond donors (Lipinski definition) is 1. The van der Waals surface area contributed by atoms with Crippen LogP contribution in [0.1, 0.15) is 16.4 Å². The molecule has 0 saturated heterocycles. The highest BCUT2D eigenvalue weighted by atomic mass is 32.1. The van der Waals surface area contributed by atoms with E-state index in [1.807, 2.05) is 6.92 Å². The molecule has 0 unspecified atom stereocenters. The van der Waals surface area contributed by atoms with E-state index in [0.29, 0.717) is 6.42 Å². The Balaban J connectivity index is 2.59. The Hall–Kier alpha value is -0.920. The predicted octanol–water partition coefficient (Wildman–Crippen LogP) is 0.580. The maximum atomic E-state index is 8.41. The zero-order chi connectivity index (χ0) is 8.10. The topological polar surface area (TPSA) is 46.0 Å². The first-order valence-corrected chi connectivity index (χ1v) is 4.04. The van der Waals surface area contributed by atoms with Crippen LogP contribution in [-0.2, 0) is 0 Å². The molecule has 0 aromatic carbocycles. The quantitative estimate of drug-likeness (QED) is 0.624. The molecule has 1 rings (SSSR count). The summed E-state index contributed by atoms with van der Waals surface area (Å²) < 4.78 is 0. The van der Waals surface area contributed by atoms with Crippen LogP contribution in [-0.4, -0.2) is 21.9 Å². The lowest BCUT2D eigenvalue weighted by Gasteiger charge is -1.75. The van der Waals surface area contributed by atoms with Crippen molar-refractivity contribution in [1.29, 1.82) is 0 Å². The Morgan fingerprint density at radius 2 is 2.36 bits per heavy atom. The second kappa shape index (κ2) is 4.06. The van der Waals surface area contributed by atoms with Gasteiger partial charge in [-0.05, 0) is 12.8 Å². The highest BCUT2D eigenvalue weighted by molar-refractivity contribution is 7.11. The van der Waals surface area contributed by atoms with Gasteiger partial charge in [0.1, 0.15) is 5.01 Å². The Labute approximate surface area is 69.1 Å². The summed E-state index contributed by atoms with van der Waals surface area (Å²) in [6.07, 6.45) is 0.499. The molecular weight excluding hydrogens is 160 g/mol. The zero-order valence-corrected chi connectivity index (χ0v) is 6.98. The van der Waals surface area contributed by atoms with Gasteiger partial charge >= 0.3 is 0 Å². The van der Waals surface area contributed by atoms with E-state index < -0.39 is 0 Å². The fourth-order valence-electron chi connectivity index (χ4n) is 0.541. The molecule has 1 aromatic heterocycles. The normalized spacial score (nSPS) is 8.91. The average molecular weight is 168 g/mol. The third kappa shape index (κ3) is 2.66. The van der Waals surface area contributed by atoms with E-state index in [9.17, 15) is 0 Å². The molecule has 1 aromatic rings. The lowest BCUT2D eigenvalue weighted by molar-refractivity contribution is 0.305. The molecule has 58 valence electrons. The highest BCUT2D eigenvalue weighted by Gasteiger charge is 1.92. The smallest absolute Gasteiger partial charge is 0.191 e. The number of aliphatic hydroxyl groups excluding tert-OH is 1. The monoisotopic (exact) mass is 168 g/mol. The minimum atomic E-state index is 0.102. The lowest BCUT2D eigenvalue weighted by atomic mass is 10.4. The van der Waals surface area contributed by atoms with E-state index in [1.54, 1.807) is 0 Å². The highest BCUT2D eigenvalue weighted by Crippen LogP contribution is 2.05. The summed E-state index contributed by atoms with van der Waals surface area (Å²) in [5.74, 6) is 5.57. The van der Waals surface area contributed by atoms with Gasteiger partial charge in [-0.2, -0.15) is 0 Å². The second-order valence-electron chi connectivity index (χ2n) is 1.90. The van der Waals surface area contributed by atoms with Crippen molar-refractivity contribution in [2.45, 2.75) is 13.3 Å². The first-order valence-electron chi connectivity index (χ1n) is 3.23. The summed E-state index contributed by atoms with van der Waals surface area (Å²) in [4.78, 5) is 0. The van der Waals surface area contributed by atoms with E-state index in [-0.39, 0.29) is 6.61 Å². The molecule has 1 N–H and O–H groups in total. The van der Waals surface area contributed by atoms with Gasteiger partial charge < -0.3 is 5.11 Å². The van der Waals surface area contributed by atoms with Crippen LogP contribution < -0.4 is 0 Å². The molecule has 0 aliphatic carbocycles. The van der Waals surface area contributed by atoms with Gasteiger partial charge in [-0.3, -0.25) is 0 Å². The van der Waals surface area contributed by atoms with Crippen LogP contribution in [0.25, 0.3) is 0 Å². The number of aryl methyl sites for hydroxylation is 1. The van der Waals surface area contributed by atoms with Crippen LogP contribution in [0.4, 0.5) is 0 Å². The van der Waals surface area contributed by atoms with E-state index >= 15 is 0 Å².